The van der Waals surface area contributed by atoms with Crippen LogP contribution < -0.4 is 4.74 Å². The van der Waals surface area contributed by atoms with E-state index < -0.39 is 6.10 Å². The molecule has 170 valence electrons. The third kappa shape index (κ3) is 4.23. The molecule has 1 unspecified atom stereocenters. The Bertz CT molecular complexity index is 1180. The van der Waals surface area contributed by atoms with Crippen molar-refractivity contribution in [2.75, 3.05) is 20.2 Å². The molecule has 0 amide bonds. The smallest absolute Gasteiger partial charge is 0.338 e. The summed E-state index contributed by atoms with van der Waals surface area (Å²) in [6.07, 6.45) is 5.54. The minimum atomic E-state index is -0.431. The molecular formula is C27H27ClN2O3. The number of piperidine rings is 3. The fourth-order valence-electron chi connectivity index (χ4n) is 5.33. The van der Waals surface area contributed by atoms with Crippen molar-refractivity contribution in [1.82, 2.24) is 9.88 Å². The van der Waals surface area contributed by atoms with Gasteiger partial charge in [0.15, 0.2) is 0 Å². The molecule has 3 saturated heterocycles. The standard InChI is InChI=1S/C27H27ClN2O3/c1-3-17-16-30-13-11-19(17)14-25(30)26(33-27(31)18-4-6-20(28)7-5-18)22-10-12-29-24-9-8-21(32-2)15-23(22)24/h3-10,12,15,17,19,25-26H,1,11,13-14,16H2,2H3/t17-,19+,25+,26-/m0/s1. The number of hydrogen-bond donors (Lipinski definition) is 0. The molecule has 4 heterocycles. The van der Waals surface area contributed by atoms with Crippen molar-refractivity contribution in [3.05, 3.63) is 83.5 Å². The summed E-state index contributed by atoms with van der Waals surface area (Å²) in [7, 11) is 1.65. The Hall–Kier alpha value is -2.89. The highest BCUT2D eigenvalue weighted by molar-refractivity contribution is 6.30. The summed E-state index contributed by atoms with van der Waals surface area (Å²) >= 11 is 6.02. The van der Waals surface area contributed by atoms with Crippen molar-refractivity contribution in [1.29, 1.82) is 0 Å². The summed E-state index contributed by atoms with van der Waals surface area (Å²) < 4.78 is 11.8. The Morgan fingerprint density at radius 1 is 1.24 bits per heavy atom. The topological polar surface area (TPSA) is 51.7 Å². The van der Waals surface area contributed by atoms with Crippen molar-refractivity contribution < 1.29 is 14.3 Å². The van der Waals surface area contributed by atoms with Crippen LogP contribution in [0.2, 0.25) is 5.02 Å². The Kier molecular flexibility index (Phi) is 6.09. The van der Waals surface area contributed by atoms with E-state index in [-0.39, 0.29) is 12.0 Å². The maximum Gasteiger partial charge on any atom is 0.338 e. The zero-order valence-corrected chi connectivity index (χ0v) is 19.4. The lowest BCUT2D eigenvalue weighted by Crippen LogP contribution is -2.55. The first-order valence-corrected chi connectivity index (χ1v) is 11.7. The van der Waals surface area contributed by atoms with Crippen molar-refractivity contribution in [3.8, 4) is 5.75 Å². The van der Waals surface area contributed by atoms with Crippen molar-refractivity contribution in [3.63, 3.8) is 0 Å². The van der Waals surface area contributed by atoms with Crippen LogP contribution in [0.1, 0.15) is 34.9 Å². The molecule has 0 saturated carbocycles. The van der Waals surface area contributed by atoms with Crippen LogP contribution >= 0.6 is 11.6 Å². The summed E-state index contributed by atoms with van der Waals surface area (Å²) in [4.78, 5) is 20.2. The fourth-order valence-corrected chi connectivity index (χ4v) is 5.46. The van der Waals surface area contributed by atoms with Crippen LogP contribution in [0, 0.1) is 11.8 Å². The molecule has 2 bridgehead atoms. The monoisotopic (exact) mass is 462 g/mol. The predicted octanol–water partition coefficient (Wildman–Crippen LogP) is 5.69. The van der Waals surface area contributed by atoms with Crippen molar-refractivity contribution in [2.45, 2.75) is 25.0 Å². The second-order valence-electron chi connectivity index (χ2n) is 8.86. The van der Waals surface area contributed by atoms with Gasteiger partial charge in [-0.3, -0.25) is 9.88 Å². The zero-order valence-electron chi connectivity index (χ0n) is 18.6. The van der Waals surface area contributed by atoms with Gasteiger partial charge in [0.05, 0.1) is 24.2 Å². The van der Waals surface area contributed by atoms with Gasteiger partial charge in [0.25, 0.3) is 0 Å². The molecule has 3 fully saturated rings. The largest absolute Gasteiger partial charge is 0.497 e. The molecule has 0 radical (unpaired) electrons. The lowest BCUT2D eigenvalue weighted by atomic mass is 9.73. The SMILES string of the molecule is C=C[C@H]1CN2CC[C@@H]1C[C@@H]2[C@@H](OC(=O)c1ccc(Cl)cc1)c1ccnc2ccc(OC)cc12. The molecule has 6 heteroatoms. The van der Waals surface area contributed by atoms with Gasteiger partial charge in [-0.05, 0) is 79.8 Å². The number of rotatable bonds is 6. The Labute approximate surface area is 199 Å². The fraction of sp³-hybridized carbons (Fsp3) is 0.333. The molecular weight excluding hydrogens is 436 g/mol. The number of fused-ring (bicyclic) bond motifs is 4. The maximum absolute atomic E-state index is 13.2. The average molecular weight is 463 g/mol. The van der Waals surface area contributed by atoms with E-state index >= 15 is 0 Å². The number of carbonyl (C=O) groups is 1. The van der Waals surface area contributed by atoms with Crippen LogP contribution in [0.4, 0.5) is 0 Å². The first-order chi connectivity index (χ1) is 16.1. The van der Waals surface area contributed by atoms with Gasteiger partial charge in [0.2, 0.25) is 0 Å². The molecule has 1 aromatic heterocycles. The van der Waals surface area contributed by atoms with Gasteiger partial charge in [0.1, 0.15) is 11.9 Å². The van der Waals surface area contributed by atoms with Crippen LogP contribution in [0.3, 0.4) is 0 Å². The van der Waals surface area contributed by atoms with Crippen LogP contribution in [-0.4, -0.2) is 42.1 Å². The number of esters is 1. The van der Waals surface area contributed by atoms with Gasteiger partial charge < -0.3 is 9.47 Å². The lowest BCUT2D eigenvalue weighted by molar-refractivity contribution is -0.0568. The summed E-state index contributed by atoms with van der Waals surface area (Å²) in [6.45, 7) is 5.99. The molecule has 0 N–H and O–H groups in total. The van der Waals surface area contributed by atoms with Gasteiger partial charge in [-0.2, -0.15) is 0 Å². The first-order valence-electron chi connectivity index (χ1n) is 11.3. The number of halogens is 1. The van der Waals surface area contributed by atoms with E-state index in [0.29, 0.717) is 22.4 Å². The second kappa shape index (κ2) is 9.16. The lowest BCUT2D eigenvalue weighted by Gasteiger charge is -2.51. The molecule has 0 aliphatic carbocycles. The number of nitrogens with zero attached hydrogens (tertiary/aromatic N) is 2. The molecule has 5 nitrogen and oxygen atoms in total. The van der Waals surface area contributed by atoms with Crippen molar-refractivity contribution in [2.24, 2.45) is 11.8 Å². The summed E-state index contributed by atoms with van der Waals surface area (Å²) in [5.41, 5.74) is 2.29. The number of carbonyl (C=O) groups excluding carboxylic acids is 1. The zero-order chi connectivity index (χ0) is 22.9. The molecule has 2 aromatic carbocycles. The summed E-state index contributed by atoms with van der Waals surface area (Å²) in [5.74, 6) is 1.43. The first kappa shape index (κ1) is 21.9. The second-order valence-corrected chi connectivity index (χ2v) is 9.30. The number of aromatic nitrogens is 1. The van der Waals surface area contributed by atoms with E-state index in [9.17, 15) is 4.79 Å². The van der Waals surface area contributed by atoms with Crippen LogP contribution in [-0.2, 0) is 4.74 Å². The highest BCUT2D eigenvalue weighted by Crippen LogP contribution is 2.44. The number of pyridine rings is 1. The minimum absolute atomic E-state index is 0.0907. The van der Waals surface area contributed by atoms with E-state index in [1.54, 1.807) is 37.6 Å². The van der Waals surface area contributed by atoms with Crippen LogP contribution in [0.5, 0.6) is 5.75 Å². The normalized spacial score (nSPS) is 24.9. The van der Waals surface area contributed by atoms with Crippen LogP contribution in [0.25, 0.3) is 10.9 Å². The molecule has 5 atom stereocenters. The highest BCUT2D eigenvalue weighted by atomic mass is 35.5. The Balaban J connectivity index is 1.56. The van der Waals surface area contributed by atoms with E-state index in [2.05, 4.69) is 22.5 Å². The van der Waals surface area contributed by atoms with Crippen LogP contribution in [0.15, 0.2) is 67.4 Å². The third-order valence-electron chi connectivity index (χ3n) is 7.11. The number of benzene rings is 2. The molecule has 3 aliphatic heterocycles. The van der Waals surface area contributed by atoms with Gasteiger partial charge in [-0.1, -0.05) is 17.7 Å². The minimum Gasteiger partial charge on any atom is -0.497 e. The number of ether oxygens (including phenoxy) is 2. The Morgan fingerprint density at radius 2 is 2.06 bits per heavy atom. The summed E-state index contributed by atoms with van der Waals surface area (Å²) in [5, 5.41) is 1.52. The third-order valence-corrected chi connectivity index (χ3v) is 7.36. The Morgan fingerprint density at radius 3 is 2.76 bits per heavy atom. The van der Waals surface area contributed by atoms with Gasteiger partial charge >= 0.3 is 5.97 Å². The quantitative estimate of drug-likeness (QED) is 0.348. The van der Waals surface area contributed by atoms with E-state index in [0.717, 1.165) is 48.1 Å². The molecule has 3 aromatic rings. The number of methoxy groups -OCH3 is 1. The van der Waals surface area contributed by atoms with Crippen molar-refractivity contribution >= 4 is 28.5 Å². The average Bonchev–Trinajstić information content (AvgIpc) is 2.87. The number of hydrogen-bond acceptors (Lipinski definition) is 5. The molecule has 6 rings (SSSR count). The van der Waals surface area contributed by atoms with E-state index in [1.165, 1.54) is 0 Å². The molecule has 0 spiro atoms. The molecule has 3 aliphatic rings. The predicted molar refractivity (Wildman–Crippen MR) is 130 cm³/mol. The highest BCUT2D eigenvalue weighted by Gasteiger charge is 2.44. The van der Waals surface area contributed by atoms with E-state index in [4.69, 9.17) is 21.1 Å². The maximum atomic E-state index is 13.2. The van der Waals surface area contributed by atoms with Gasteiger partial charge in [0, 0.05) is 28.7 Å². The van der Waals surface area contributed by atoms with Gasteiger partial charge in [-0.25, -0.2) is 4.79 Å². The molecule has 33 heavy (non-hydrogen) atoms. The summed E-state index contributed by atoms with van der Waals surface area (Å²) in [6, 6.07) is 14.7. The van der Waals surface area contributed by atoms with Gasteiger partial charge in [-0.15, -0.1) is 6.58 Å². The van der Waals surface area contributed by atoms with E-state index in [1.807, 2.05) is 24.3 Å².